The summed E-state index contributed by atoms with van der Waals surface area (Å²) in [6.45, 7) is 8.13. The Bertz CT molecular complexity index is 943. The predicted molar refractivity (Wildman–Crippen MR) is 107 cm³/mol. The first kappa shape index (κ1) is 17.7. The van der Waals surface area contributed by atoms with Gasteiger partial charge in [-0.2, -0.15) is 0 Å². The minimum atomic E-state index is -0.168. The van der Waals surface area contributed by atoms with E-state index in [0.717, 1.165) is 28.2 Å². The number of carbonyl (C=O) groups excluding carboxylic acids is 1. The Labute approximate surface area is 154 Å². The zero-order chi connectivity index (χ0) is 18.7. The van der Waals surface area contributed by atoms with Crippen LogP contribution in [0.5, 0.6) is 0 Å². The minimum Gasteiger partial charge on any atom is -0.354 e. The zero-order valence-electron chi connectivity index (χ0n) is 15.6. The lowest BCUT2D eigenvalue weighted by Crippen LogP contribution is -2.14. The van der Waals surface area contributed by atoms with Crippen LogP contribution in [-0.4, -0.2) is 10.9 Å². The van der Waals surface area contributed by atoms with Gasteiger partial charge < -0.3 is 10.6 Å². The Hall–Kier alpha value is -3.14. The zero-order valence-corrected chi connectivity index (χ0v) is 15.6. The highest BCUT2D eigenvalue weighted by atomic mass is 16.1. The van der Waals surface area contributed by atoms with Gasteiger partial charge in [0.05, 0.1) is 17.4 Å². The molecule has 1 aromatic heterocycles. The largest absolute Gasteiger partial charge is 0.354 e. The van der Waals surface area contributed by atoms with Gasteiger partial charge in [0.15, 0.2) is 0 Å². The van der Waals surface area contributed by atoms with Crippen LogP contribution in [0.25, 0.3) is 0 Å². The van der Waals surface area contributed by atoms with Gasteiger partial charge in [0.25, 0.3) is 5.91 Å². The maximum Gasteiger partial charge on any atom is 0.257 e. The summed E-state index contributed by atoms with van der Waals surface area (Å²) < 4.78 is 0. The van der Waals surface area contributed by atoms with Crippen molar-refractivity contribution >= 4 is 23.0 Å². The standard InChI is InChI=1S/C22H23N3O/c1-14-8-9-19(10-17(14)4)24-20-11-18(12-23-13-20)22(26)25-21-15(2)6-5-7-16(21)3/h5-13,24H,1-4H3,(H,25,26). The fourth-order valence-electron chi connectivity index (χ4n) is 2.82. The fraction of sp³-hybridized carbons (Fsp3) is 0.182. The molecule has 132 valence electrons. The molecule has 1 heterocycles. The quantitative estimate of drug-likeness (QED) is 0.673. The third kappa shape index (κ3) is 3.91. The van der Waals surface area contributed by atoms with Crippen molar-refractivity contribution in [1.29, 1.82) is 0 Å². The molecule has 4 nitrogen and oxygen atoms in total. The summed E-state index contributed by atoms with van der Waals surface area (Å²) in [4.78, 5) is 16.8. The highest BCUT2D eigenvalue weighted by molar-refractivity contribution is 6.05. The first-order valence-corrected chi connectivity index (χ1v) is 8.61. The summed E-state index contributed by atoms with van der Waals surface area (Å²) in [6, 6.07) is 13.9. The van der Waals surface area contributed by atoms with Gasteiger partial charge >= 0.3 is 0 Å². The number of amides is 1. The molecule has 2 aromatic carbocycles. The van der Waals surface area contributed by atoms with Crippen molar-refractivity contribution in [2.45, 2.75) is 27.7 Å². The number of benzene rings is 2. The molecule has 0 atom stereocenters. The molecule has 0 spiro atoms. The number of para-hydroxylation sites is 1. The summed E-state index contributed by atoms with van der Waals surface area (Å²) in [5.74, 6) is -0.168. The number of anilines is 3. The lowest BCUT2D eigenvalue weighted by molar-refractivity contribution is 0.102. The van der Waals surface area contributed by atoms with Crippen molar-refractivity contribution in [3.05, 3.63) is 82.7 Å². The topological polar surface area (TPSA) is 54.0 Å². The summed E-state index contributed by atoms with van der Waals surface area (Å²) in [6.07, 6.45) is 3.29. The molecule has 1 amide bonds. The highest BCUT2D eigenvalue weighted by Gasteiger charge is 2.11. The van der Waals surface area contributed by atoms with E-state index in [-0.39, 0.29) is 5.91 Å². The molecule has 0 bridgehead atoms. The average Bonchev–Trinajstić information content (AvgIpc) is 2.61. The van der Waals surface area contributed by atoms with Crippen LogP contribution in [0, 0.1) is 27.7 Å². The molecule has 0 saturated carbocycles. The second-order valence-electron chi connectivity index (χ2n) is 6.61. The Morgan fingerprint density at radius 2 is 1.54 bits per heavy atom. The van der Waals surface area contributed by atoms with Gasteiger partial charge in [0, 0.05) is 17.6 Å². The van der Waals surface area contributed by atoms with Crippen LogP contribution in [-0.2, 0) is 0 Å². The molecule has 0 unspecified atom stereocenters. The number of aromatic nitrogens is 1. The number of hydrogen-bond donors (Lipinski definition) is 2. The maximum atomic E-state index is 12.6. The summed E-state index contributed by atoms with van der Waals surface area (Å²) in [5.41, 5.74) is 7.66. The van der Waals surface area contributed by atoms with E-state index in [9.17, 15) is 4.79 Å². The Balaban J connectivity index is 1.80. The van der Waals surface area contributed by atoms with Gasteiger partial charge in [-0.3, -0.25) is 9.78 Å². The van der Waals surface area contributed by atoms with Crippen LogP contribution < -0.4 is 10.6 Å². The van der Waals surface area contributed by atoms with Crippen molar-refractivity contribution in [2.75, 3.05) is 10.6 Å². The highest BCUT2D eigenvalue weighted by Crippen LogP contribution is 2.22. The summed E-state index contributed by atoms with van der Waals surface area (Å²) >= 11 is 0. The van der Waals surface area contributed by atoms with E-state index in [0.29, 0.717) is 5.56 Å². The van der Waals surface area contributed by atoms with Crippen LogP contribution in [0.2, 0.25) is 0 Å². The smallest absolute Gasteiger partial charge is 0.257 e. The normalized spacial score (nSPS) is 10.5. The molecule has 26 heavy (non-hydrogen) atoms. The number of rotatable bonds is 4. The predicted octanol–water partition coefficient (Wildman–Crippen LogP) is 5.31. The molecule has 0 fully saturated rings. The molecule has 3 aromatic rings. The molecule has 0 saturated heterocycles. The van der Waals surface area contributed by atoms with Crippen molar-refractivity contribution in [2.24, 2.45) is 0 Å². The first-order valence-electron chi connectivity index (χ1n) is 8.61. The van der Waals surface area contributed by atoms with Gasteiger partial charge in [0.1, 0.15) is 0 Å². The minimum absolute atomic E-state index is 0.168. The van der Waals surface area contributed by atoms with Crippen molar-refractivity contribution in [3.63, 3.8) is 0 Å². The van der Waals surface area contributed by atoms with Crippen LogP contribution >= 0.6 is 0 Å². The molecular formula is C22H23N3O. The van der Waals surface area contributed by atoms with Crippen molar-refractivity contribution < 1.29 is 4.79 Å². The van der Waals surface area contributed by atoms with Crippen LogP contribution in [0.15, 0.2) is 54.9 Å². The third-order valence-corrected chi connectivity index (χ3v) is 4.52. The van der Waals surface area contributed by atoms with E-state index in [2.05, 4.69) is 41.6 Å². The molecular weight excluding hydrogens is 322 g/mol. The second-order valence-corrected chi connectivity index (χ2v) is 6.61. The molecule has 0 aliphatic heterocycles. The van der Waals surface area contributed by atoms with Gasteiger partial charge in [0.2, 0.25) is 0 Å². The van der Waals surface area contributed by atoms with Gasteiger partial charge in [-0.15, -0.1) is 0 Å². The van der Waals surface area contributed by atoms with E-state index in [1.54, 1.807) is 12.4 Å². The molecule has 0 radical (unpaired) electrons. The van der Waals surface area contributed by atoms with E-state index in [4.69, 9.17) is 0 Å². The number of nitrogens with one attached hydrogen (secondary N) is 2. The molecule has 0 aliphatic carbocycles. The lowest BCUT2D eigenvalue weighted by atomic mass is 10.1. The van der Waals surface area contributed by atoms with Crippen molar-refractivity contribution in [3.8, 4) is 0 Å². The molecule has 4 heteroatoms. The maximum absolute atomic E-state index is 12.6. The monoisotopic (exact) mass is 345 g/mol. The fourth-order valence-corrected chi connectivity index (χ4v) is 2.82. The van der Waals surface area contributed by atoms with Crippen molar-refractivity contribution in [1.82, 2.24) is 4.98 Å². The SMILES string of the molecule is Cc1ccc(Nc2cncc(C(=O)Nc3c(C)cccc3C)c2)cc1C. The van der Waals surface area contributed by atoms with Crippen LogP contribution in [0.1, 0.15) is 32.6 Å². The summed E-state index contributed by atoms with van der Waals surface area (Å²) in [7, 11) is 0. The van der Waals surface area contributed by atoms with E-state index >= 15 is 0 Å². The summed E-state index contributed by atoms with van der Waals surface area (Å²) in [5, 5.41) is 6.31. The number of hydrogen-bond acceptors (Lipinski definition) is 3. The average molecular weight is 345 g/mol. The number of aryl methyl sites for hydroxylation is 4. The Kier molecular flexibility index (Phi) is 5.03. The van der Waals surface area contributed by atoms with E-state index < -0.39 is 0 Å². The van der Waals surface area contributed by atoms with Gasteiger partial charge in [-0.05, 0) is 68.1 Å². The number of nitrogens with zero attached hydrogens (tertiary/aromatic N) is 1. The molecule has 2 N–H and O–H groups in total. The second kappa shape index (κ2) is 7.40. The Morgan fingerprint density at radius 3 is 2.23 bits per heavy atom. The van der Waals surface area contributed by atoms with Crippen LogP contribution in [0.3, 0.4) is 0 Å². The number of pyridine rings is 1. The lowest BCUT2D eigenvalue weighted by Gasteiger charge is -2.12. The van der Waals surface area contributed by atoms with Gasteiger partial charge in [-0.1, -0.05) is 24.3 Å². The third-order valence-electron chi connectivity index (χ3n) is 4.52. The Morgan fingerprint density at radius 1 is 0.808 bits per heavy atom. The van der Waals surface area contributed by atoms with Crippen LogP contribution in [0.4, 0.5) is 17.1 Å². The number of carbonyl (C=O) groups is 1. The van der Waals surface area contributed by atoms with Gasteiger partial charge in [-0.25, -0.2) is 0 Å². The molecule has 0 aliphatic rings. The molecule has 3 rings (SSSR count). The van der Waals surface area contributed by atoms with E-state index in [1.165, 1.54) is 11.1 Å². The van der Waals surface area contributed by atoms with E-state index in [1.807, 2.05) is 44.2 Å². The first-order chi connectivity index (χ1) is 12.4.